The molecule has 0 aliphatic carbocycles. The average molecular weight is 500 g/mol. The Kier molecular flexibility index (Phi) is 9.81. The summed E-state index contributed by atoms with van der Waals surface area (Å²) >= 11 is 0. The Labute approximate surface area is 213 Å². The predicted octanol–water partition coefficient (Wildman–Crippen LogP) is 3.20. The standard InChI is InChI=1S/C27H37N3O6/c1-6-28-13-15-29(16-14-28)25(31)11-12-26(32)30(19-20-7-9-22(33-2)10-8-20)21-17-23(34-3)27(36-5)24(18-21)35-4/h7-10,17-18H,6,11-16,19H2,1-5H3. The second-order valence-corrected chi connectivity index (χ2v) is 8.53. The number of amides is 2. The van der Waals surface area contributed by atoms with Crippen molar-refractivity contribution in [2.75, 3.05) is 66.1 Å². The highest BCUT2D eigenvalue weighted by Gasteiger charge is 2.24. The van der Waals surface area contributed by atoms with Gasteiger partial charge in [0.25, 0.3) is 0 Å². The number of carbonyl (C=O) groups excluding carboxylic acids is 2. The maximum absolute atomic E-state index is 13.5. The molecule has 1 aliphatic rings. The van der Waals surface area contributed by atoms with Crippen LogP contribution in [-0.4, -0.2) is 82.8 Å². The topological polar surface area (TPSA) is 80.8 Å². The van der Waals surface area contributed by atoms with Crippen LogP contribution < -0.4 is 23.8 Å². The molecule has 0 spiro atoms. The van der Waals surface area contributed by atoms with Gasteiger partial charge in [0.05, 0.1) is 40.7 Å². The predicted molar refractivity (Wildman–Crippen MR) is 138 cm³/mol. The first kappa shape index (κ1) is 27.1. The Bertz CT molecular complexity index is 994. The molecule has 0 saturated carbocycles. The van der Waals surface area contributed by atoms with E-state index >= 15 is 0 Å². The third-order valence-corrected chi connectivity index (χ3v) is 6.49. The summed E-state index contributed by atoms with van der Waals surface area (Å²) in [4.78, 5) is 32.2. The van der Waals surface area contributed by atoms with Crippen LogP contribution in [0.15, 0.2) is 36.4 Å². The lowest BCUT2D eigenvalue weighted by Gasteiger charge is -2.34. The Morgan fingerprint density at radius 3 is 1.94 bits per heavy atom. The van der Waals surface area contributed by atoms with E-state index in [9.17, 15) is 9.59 Å². The summed E-state index contributed by atoms with van der Waals surface area (Å²) in [5.41, 5.74) is 1.51. The monoisotopic (exact) mass is 499 g/mol. The minimum Gasteiger partial charge on any atom is -0.497 e. The lowest BCUT2D eigenvalue weighted by atomic mass is 10.1. The number of carbonyl (C=O) groups is 2. The van der Waals surface area contributed by atoms with E-state index in [2.05, 4.69) is 11.8 Å². The van der Waals surface area contributed by atoms with E-state index in [1.807, 2.05) is 29.2 Å². The van der Waals surface area contributed by atoms with Crippen molar-refractivity contribution < 1.29 is 28.5 Å². The summed E-state index contributed by atoms with van der Waals surface area (Å²) < 4.78 is 21.7. The molecule has 2 amide bonds. The van der Waals surface area contributed by atoms with Gasteiger partial charge in [0.2, 0.25) is 17.6 Å². The van der Waals surface area contributed by atoms with E-state index in [-0.39, 0.29) is 24.7 Å². The van der Waals surface area contributed by atoms with Gasteiger partial charge in [0, 0.05) is 51.2 Å². The van der Waals surface area contributed by atoms with Crippen LogP contribution >= 0.6 is 0 Å². The lowest BCUT2D eigenvalue weighted by Crippen LogP contribution is -2.48. The van der Waals surface area contributed by atoms with Gasteiger partial charge in [-0.15, -0.1) is 0 Å². The number of ether oxygens (including phenoxy) is 4. The number of benzene rings is 2. The summed E-state index contributed by atoms with van der Waals surface area (Å²) in [7, 11) is 6.22. The van der Waals surface area contributed by atoms with E-state index in [0.29, 0.717) is 42.6 Å². The van der Waals surface area contributed by atoms with Crippen LogP contribution in [-0.2, 0) is 16.1 Å². The summed E-state index contributed by atoms with van der Waals surface area (Å²) in [5.74, 6) is 1.92. The highest BCUT2D eigenvalue weighted by molar-refractivity contribution is 5.96. The fraction of sp³-hybridized carbons (Fsp3) is 0.481. The van der Waals surface area contributed by atoms with Crippen LogP contribution in [0.3, 0.4) is 0 Å². The van der Waals surface area contributed by atoms with Gasteiger partial charge in [0.15, 0.2) is 11.5 Å². The zero-order chi connectivity index (χ0) is 26.1. The van der Waals surface area contributed by atoms with E-state index in [1.165, 1.54) is 21.3 Å². The molecule has 2 aromatic carbocycles. The Morgan fingerprint density at radius 1 is 0.833 bits per heavy atom. The molecule has 36 heavy (non-hydrogen) atoms. The van der Waals surface area contributed by atoms with Gasteiger partial charge in [-0.1, -0.05) is 19.1 Å². The molecule has 0 N–H and O–H groups in total. The molecule has 0 bridgehead atoms. The molecule has 1 fully saturated rings. The molecule has 9 heteroatoms. The van der Waals surface area contributed by atoms with Crippen LogP contribution in [0.5, 0.6) is 23.0 Å². The highest BCUT2D eigenvalue weighted by Crippen LogP contribution is 2.41. The van der Waals surface area contributed by atoms with Crippen molar-refractivity contribution in [2.24, 2.45) is 0 Å². The molecule has 0 radical (unpaired) electrons. The Morgan fingerprint density at radius 2 is 1.44 bits per heavy atom. The molecule has 196 valence electrons. The van der Waals surface area contributed by atoms with Crippen LogP contribution in [0.2, 0.25) is 0 Å². The molecule has 1 saturated heterocycles. The second-order valence-electron chi connectivity index (χ2n) is 8.53. The van der Waals surface area contributed by atoms with Crippen molar-refractivity contribution in [3.05, 3.63) is 42.0 Å². The molecule has 0 atom stereocenters. The Balaban J connectivity index is 1.82. The number of methoxy groups -OCH3 is 4. The largest absolute Gasteiger partial charge is 0.497 e. The number of likely N-dealkylation sites (N-methyl/N-ethyl adjacent to an activating group) is 1. The molecule has 0 unspecified atom stereocenters. The van der Waals surface area contributed by atoms with Gasteiger partial charge < -0.3 is 33.6 Å². The fourth-order valence-electron chi connectivity index (χ4n) is 4.28. The quantitative estimate of drug-likeness (QED) is 0.470. The zero-order valence-electron chi connectivity index (χ0n) is 21.9. The van der Waals surface area contributed by atoms with E-state index in [1.54, 1.807) is 24.1 Å². The van der Waals surface area contributed by atoms with Gasteiger partial charge in [0.1, 0.15) is 5.75 Å². The van der Waals surface area contributed by atoms with Crippen LogP contribution in [0.4, 0.5) is 5.69 Å². The molecular weight excluding hydrogens is 462 g/mol. The molecule has 0 aromatic heterocycles. The molecule has 3 rings (SSSR count). The number of anilines is 1. The first-order chi connectivity index (χ1) is 17.4. The van der Waals surface area contributed by atoms with E-state index in [0.717, 1.165) is 30.9 Å². The number of rotatable bonds is 11. The maximum atomic E-state index is 13.5. The van der Waals surface area contributed by atoms with Crippen LogP contribution in [0, 0.1) is 0 Å². The first-order valence-electron chi connectivity index (χ1n) is 12.2. The van der Waals surface area contributed by atoms with Crippen molar-refractivity contribution in [1.29, 1.82) is 0 Å². The van der Waals surface area contributed by atoms with Crippen molar-refractivity contribution in [2.45, 2.75) is 26.3 Å². The first-order valence-corrected chi connectivity index (χ1v) is 12.2. The normalized spacial score (nSPS) is 13.8. The number of nitrogens with zero attached hydrogens (tertiary/aromatic N) is 3. The molecule has 2 aromatic rings. The van der Waals surface area contributed by atoms with Crippen molar-refractivity contribution in [1.82, 2.24) is 9.80 Å². The third kappa shape index (κ3) is 6.60. The molecule has 1 aliphatic heterocycles. The number of hydrogen-bond donors (Lipinski definition) is 0. The van der Waals surface area contributed by atoms with Crippen molar-refractivity contribution in [3.63, 3.8) is 0 Å². The summed E-state index contributed by atoms with van der Waals surface area (Å²) in [5, 5.41) is 0. The smallest absolute Gasteiger partial charge is 0.227 e. The summed E-state index contributed by atoms with van der Waals surface area (Å²) in [6.07, 6.45) is 0.258. The average Bonchev–Trinajstić information content (AvgIpc) is 2.93. The SMILES string of the molecule is CCN1CCN(C(=O)CCC(=O)N(Cc2ccc(OC)cc2)c2cc(OC)c(OC)c(OC)c2)CC1. The highest BCUT2D eigenvalue weighted by atomic mass is 16.5. The van der Waals surface area contributed by atoms with Crippen LogP contribution in [0.25, 0.3) is 0 Å². The summed E-state index contributed by atoms with van der Waals surface area (Å²) in [6, 6.07) is 11.0. The second kappa shape index (κ2) is 13.0. The molecule has 9 nitrogen and oxygen atoms in total. The van der Waals surface area contributed by atoms with E-state index < -0.39 is 0 Å². The van der Waals surface area contributed by atoms with Gasteiger partial charge in [-0.2, -0.15) is 0 Å². The van der Waals surface area contributed by atoms with Crippen molar-refractivity contribution >= 4 is 17.5 Å². The number of hydrogen-bond acceptors (Lipinski definition) is 7. The molecular formula is C27H37N3O6. The van der Waals surface area contributed by atoms with Crippen molar-refractivity contribution in [3.8, 4) is 23.0 Å². The minimum atomic E-state index is -0.166. The third-order valence-electron chi connectivity index (χ3n) is 6.49. The van der Waals surface area contributed by atoms with Crippen LogP contribution in [0.1, 0.15) is 25.3 Å². The van der Waals surface area contributed by atoms with Gasteiger partial charge in [-0.3, -0.25) is 9.59 Å². The fourth-order valence-corrected chi connectivity index (χ4v) is 4.28. The maximum Gasteiger partial charge on any atom is 0.227 e. The Hall–Kier alpha value is -3.46. The summed E-state index contributed by atoms with van der Waals surface area (Å²) in [6.45, 7) is 6.54. The zero-order valence-corrected chi connectivity index (χ0v) is 21.9. The minimum absolute atomic E-state index is 0.00777. The lowest BCUT2D eigenvalue weighted by molar-refractivity contribution is -0.134. The van der Waals surface area contributed by atoms with Gasteiger partial charge in [-0.05, 0) is 24.2 Å². The van der Waals surface area contributed by atoms with E-state index in [4.69, 9.17) is 18.9 Å². The van der Waals surface area contributed by atoms with Gasteiger partial charge in [-0.25, -0.2) is 0 Å². The number of piperazine rings is 1. The molecule has 1 heterocycles. The van der Waals surface area contributed by atoms with Gasteiger partial charge >= 0.3 is 0 Å².